The van der Waals surface area contributed by atoms with Gasteiger partial charge in [0, 0.05) is 13.1 Å². The summed E-state index contributed by atoms with van der Waals surface area (Å²) in [6.45, 7) is 2.53. The van der Waals surface area contributed by atoms with Gasteiger partial charge in [-0.1, -0.05) is 11.8 Å². The Labute approximate surface area is 135 Å². The third kappa shape index (κ3) is 3.11. The molecule has 2 N–H and O–H groups in total. The molecule has 3 rings (SSSR count). The van der Waals surface area contributed by atoms with Crippen LogP contribution in [0.25, 0.3) is 5.69 Å². The van der Waals surface area contributed by atoms with Crippen LogP contribution in [-0.4, -0.2) is 60.5 Å². The smallest absolute Gasteiger partial charge is 0.324 e. The number of aromatic nitrogens is 4. The third-order valence-electron chi connectivity index (χ3n) is 3.29. The van der Waals surface area contributed by atoms with Gasteiger partial charge in [0.1, 0.15) is 5.75 Å². The summed E-state index contributed by atoms with van der Waals surface area (Å²) in [4.78, 5) is 25.1. The van der Waals surface area contributed by atoms with E-state index in [1.807, 2.05) is 0 Å². The van der Waals surface area contributed by atoms with Gasteiger partial charge in [0.25, 0.3) is 0 Å². The molecule has 0 bridgehead atoms. The number of carbonyl (C=O) groups excluding carboxylic acids is 2. The van der Waals surface area contributed by atoms with E-state index in [0.717, 1.165) is 0 Å². The van der Waals surface area contributed by atoms with Crippen LogP contribution >= 0.6 is 11.8 Å². The Morgan fingerprint density at radius 3 is 2.78 bits per heavy atom. The molecule has 1 fully saturated rings. The molecule has 3 amide bonds. The lowest BCUT2D eigenvalue weighted by atomic mass is 10.3. The van der Waals surface area contributed by atoms with E-state index in [1.54, 1.807) is 19.1 Å². The summed E-state index contributed by atoms with van der Waals surface area (Å²) in [6.07, 6.45) is 0. The zero-order chi connectivity index (χ0) is 16.4. The number of urea groups is 1. The Morgan fingerprint density at radius 2 is 2.13 bits per heavy atom. The molecule has 0 spiro atoms. The van der Waals surface area contributed by atoms with Crippen LogP contribution in [0.1, 0.15) is 6.92 Å². The summed E-state index contributed by atoms with van der Waals surface area (Å²) >= 11 is 1.17. The standard InChI is InChI=1S/C13H14N6O3S/c1-8(11(21)18-7-6-14-12(18)22)23-13-15-16-17-19(13)9-2-4-10(20)5-3-9/h2-5,8,20H,6-7H2,1H3,(H,14,22)/t8-/m1/s1. The summed E-state index contributed by atoms with van der Waals surface area (Å²) in [6, 6.07) is 6.00. The zero-order valence-corrected chi connectivity index (χ0v) is 13.0. The number of aromatic hydroxyl groups is 1. The van der Waals surface area contributed by atoms with Crippen LogP contribution in [0.15, 0.2) is 29.4 Å². The lowest BCUT2D eigenvalue weighted by Gasteiger charge is -2.16. The Morgan fingerprint density at radius 1 is 1.39 bits per heavy atom. The second-order valence-corrected chi connectivity index (χ2v) is 6.18. The van der Waals surface area contributed by atoms with Crippen molar-refractivity contribution in [2.45, 2.75) is 17.3 Å². The van der Waals surface area contributed by atoms with E-state index in [0.29, 0.717) is 23.9 Å². The highest BCUT2D eigenvalue weighted by molar-refractivity contribution is 8.00. The van der Waals surface area contributed by atoms with Crippen molar-refractivity contribution in [3.05, 3.63) is 24.3 Å². The van der Waals surface area contributed by atoms with E-state index in [2.05, 4.69) is 20.8 Å². The van der Waals surface area contributed by atoms with Crippen molar-refractivity contribution >= 4 is 23.7 Å². The first kappa shape index (κ1) is 15.3. The fraction of sp³-hybridized carbons (Fsp3) is 0.308. The largest absolute Gasteiger partial charge is 0.508 e. The van der Waals surface area contributed by atoms with Crippen molar-refractivity contribution in [1.29, 1.82) is 0 Å². The molecule has 1 aliphatic heterocycles. The maximum absolute atomic E-state index is 12.3. The van der Waals surface area contributed by atoms with Crippen LogP contribution in [0.2, 0.25) is 0 Å². The van der Waals surface area contributed by atoms with Gasteiger partial charge < -0.3 is 10.4 Å². The number of benzene rings is 1. The zero-order valence-electron chi connectivity index (χ0n) is 12.2. The topological polar surface area (TPSA) is 113 Å². The maximum atomic E-state index is 12.3. The number of hydrogen-bond donors (Lipinski definition) is 2. The first-order chi connectivity index (χ1) is 11.1. The molecule has 2 aromatic rings. The predicted octanol–water partition coefficient (Wildman–Crippen LogP) is 0.400. The summed E-state index contributed by atoms with van der Waals surface area (Å²) in [7, 11) is 0. The number of phenolic OH excluding ortho intramolecular Hbond substituents is 1. The number of tetrazole rings is 1. The van der Waals surface area contributed by atoms with Crippen LogP contribution in [0, 0.1) is 0 Å². The van der Waals surface area contributed by atoms with Crippen molar-refractivity contribution in [3.63, 3.8) is 0 Å². The molecular formula is C13H14N6O3S. The van der Waals surface area contributed by atoms with Gasteiger partial charge in [-0.2, -0.15) is 4.68 Å². The number of nitrogens with one attached hydrogen (secondary N) is 1. The van der Waals surface area contributed by atoms with Gasteiger partial charge in [0.15, 0.2) is 0 Å². The number of thioether (sulfide) groups is 1. The van der Waals surface area contributed by atoms with E-state index in [4.69, 9.17) is 0 Å². The molecular weight excluding hydrogens is 320 g/mol. The Bertz CT molecular complexity index is 732. The molecule has 1 aromatic carbocycles. The Hall–Kier alpha value is -2.62. The molecule has 0 aliphatic carbocycles. The van der Waals surface area contributed by atoms with Gasteiger partial charge in [0.05, 0.1) is 10.9 Å². The molecule has 0 radical (unpaired) electrons. The molecule has 120 valence electrons. The summed E-state index contributed by atoms with van der Waals surface area (Å²) in [5, 5.41) is 23.3. The Balaban J connectivity index is 1.76. The number of hydrogen-bond acceptors (Lipinski definition) is 7. The molecule has 1 aromatic heterocycles. The fourth-order valence-corrected chi connectivity index (χ4v) is 2.99. The minimum atomic E-state index is -0.513. The van der Waals surface area contributed by atoms with Crippen molar-refractivity contribution in [2.75, 3.05) is 13.1 Å². The van der Waals surface area contributed by atoms with Crippen LogP contribution in [0.3, 0.4) is 0 Å². The molecule has 1 saturated heterocycles. The second-order valence-electron chi connectivity index (χ2n) is 4.87. The molecule has 1 atom stereocenters. The van der Waals surface area contributed by atoms with Crippen molar-refractivity contribution in [3.8, 4) is 11.4 Å². The molecule has 9 nitrogen and oxygen atoms in total. The minimum Gasteiger partial charge on any atom is -0.508 e. The monoisotopic (exact) mass is 334 g/mol. The molecule has 2 heterocycles. The van der Waals surface area contributed by atoms with Gasteiger partial charge in [-0.15, -0.1) is 5.10 Å². The molecule has 10 heteroatoms. The average molecular weight is 334 g/mol. The van der Waals surface area contributed by atoms with Gasteiger partial charge in [-0.25, -0.2) is 4.79 Å². The van der Waals surface area contributed by atoms with Gasteiger partial charge in [-0.05, 0) is 41.6 Å². The predicted molar refractivity (Wildman–Crippen MR) is 81.2 cm³/mol. The highest BCUT2D eigenvalue weighted by Gasteiger charge is 2.31. The summed E-state index contributed by atoms with van der Waals surface area (Å²) in [5.41, 5.74) is 0.661. The van der Waals surface area contributed by atoms with E-state index in [-0.39, 0.29) is 17.7 Å². The quantitative estimate of drug-likeness (QED) is 0.778. The molecule has 1 aliphatic rings. The number of phenols is 1. The van der Waals surface area contributed by atoms with Gasteiger partial charge in [-0.3, -0.25) is 9.69 Å². The second kappa shape index (κ2) is 6.24. The highest BCUT2D eigenvalue weighted by atomic mass is 32.2. The first-order valence-corrected chi connectivity index (χ1v) is 7.78. The van der Waals surface area contributed by atoms with E-state index < -0.39 is 5.25 Å². The summed E-state index contributed by atoms with van der Waals surface area (Å²) < 4.78 is 1.47. The molecule has 0 unspecified atom stereocenters. The number of carbonyl (C=O) groups is 2. The van der Waals surface area contributed by atoms with E-state index >= 15 is 0 Å². The number of imide groups is 1. The molecule has 0 saturated carbocycles. The lowest BCUT2D eigenvalue weighted by Crippen LogP contribution is -2.39. The first-order valence-electron chi connectivity index (χ1n) is 6.90. The SMILES string of the molecule is C[C@@H](Sc1nnnn1-c1ccc(O)cc1)C(=O)N1CCNC1=O. The van der Waals surface area contributed by atoms with E-state index in [9.17, 15) is 14.7 Å². The van der Waals surface area contributed by atoms with Crippen LogP contribution in [-0.2, 0) is 4.79 Å². The van der Waals surface area contributed by atoms with Gasteiger partial charge >= 0.3 is 6.03 Å². The fourth-order valence-electron chi connectivity index (χ4n) is 2.12. The number of amides is 3. The van der Waals surface area contributed by atoms with Gasteiger partial charge in [0.2, 0.25) is 11.1 Å². The lowest BCUT2D eigenvalue weighted by molar-refractivity contribution is -0.126. The maximum Gasteiger partial charge on any atom is 0.324 e. The summed E-state index contributed by atoms with van der Waals surface area (Å²) in [5.74, 6) is -0.148. The van der Waals surface area contributed by atoms with Crippen LogP contribution < -0.4 is 5.32 Å². The van der Waals surface area contributed by atoms with Crippen LogP contribution in [0.4, 0.5) is 4.79 Å². The number of rotatable bonds is 4. The molecule has 23 heavy (non-hydrogen) atoms. The highest BCUT2D eigenvalue weighted by Crippen LogP contribution is 2.25. The minimum absolute atomic E-state index is 0.139. The number of nitrogens with zero attached hydrogens (tertiary/aromatic N) is 5. The van der Waals surface area contributed by atoms with Crippen molar-refractivity contribution in [1.82, 2.24) is 30.4 Å². The van der Waals surface area contributed by atoms with E-state index in [1.165, 1.54) is 33.5 Å². The van der Waals surface area contributed by atoms with Crippen molar-refractivity contribution in [2.24, 2.45) is 0 Å². The third-order valence-corrected chi connectivity index (χ3v) is 4.31. The normalized spacial score (nSPS) is 15.5. The Kier molecular flexibility index (Phi) is 4.15. The van der Waals surface area contributed by atoms with Crippen molar-refractivity contribution < 1.29 is 14.7 Å². The average Bonchev–Trinajstić information content (AvgIpc) is 3.16. The van der Waals surface area contributed by atoms with Crippen LogP contribution in [0.5, 0.6) is 5.75 Å².